The number of Topliss-reactive ketones (excluding diaryl/α,β-unsaturated/α-hetero) is 2. The maximum Gasteiger partial charge on any atom is 0.317 e. The van der Waals surface area contributed by atoms with Gasteiger partial charge in [0.2, 0.25) is 0 Å². The molecule has 11 unspecified atom stereocenters. The zero-order valence-corrected chi connectivity index (χ0v) is 22.6. The van der Waals surface area contributed by atoms with Gasteiger partial charge in [0.15, 0.2) is 0 Å². The van der Waals surface area contributed by atoms with Crippen molar-refractivity contribution in [2.45, 2.75) is 86.0 Å². The van der Waals surface area contributed by atoms with Crippen molar-refractivity contribution in [2.75, 3.05) is 6.61 Å². The molecule has 0 spiro atoms. The number of hydrogen-bond donors (Lipinski definition) is 1. The topological polar surface area (TPSA) is 97.7 Å². The van der Waals surface area contributed by atoms with Gasteiger partial charge in [-0.3, -0.25) is 19.2 Å². The fraction of sp³-hybridized carbons (Fsp3) is 0.867. The summed E-state index contributed by atoms with van der Waals surface area (Å²) in [4.78, 5) is 51.8. The number of ether oxygens (including phenoxy) is 1. The third-order valence-electron chi connectivity index (χ3n) is 11.2. The van der Waals surface area contributed by atoms with Crippen LogP contribution in [0.15, 0.2) is 0 Å². The Bertz CT molecular complexity index is 948. The first-order valence-corrected chi connectivity index (χ1v) is 14.3. The van der Waals surface area contributed by atoms with E-state index in [1.54, 1.807) is 0 Å². The molecule has 6 fully saturated rings. The quantitative estimate of drug-likeness (QED) is 0.405. The summed E-state index contributed by atoms with van der Waals surface area (Å²) >= 11 is 0. The zero-order chi connectivity index (χ0) is 26.2. The van der Waals surface area contributed by atoms with Crippen LogP contribution in [-0.4, -0.2) is 35.2 Å². The highest BCUT2D eigenvalue weighted by Gasteiger charge is 2.63. The lowest BCUT2D eigenvalue weighted by molar-refractivity contribution is -0.154. The van der Waals surface area contributed by atoms with Crippen molar-refractivity contribution in [3.63, 3.8) is 0 Å². The molecule has 6 aliphatic rings. The third kappa shape index (κ3) is 4.10. The first kappa shape index (κ1) is 26.1. The molecule has 0 aromatic rings. The van der Waals surface area contributed by atoms with Crippen molar-refractivity contribution in [2.24, 2.45) is 70.0 Å². The molecule has 0 amide bonds. The number of esters is 2. The Hall–Kier alpha value is -1.56. The van der Waals surface area contributed by atoms with Crippen LogP contribution in [0.4, 0.5) is 0 Å². The molecule has 0 aromatic carbocycles. The second-order valence-electron chi connectivity index (χ2n) is 14.3. The third-order valence-corrected chi connectivity index (χ3v) is 11.2. The summed E-state index contributed by atoms with van der Waals surface area (Å²) < 4.78 is 5.11. The molecule has 0 aromatic heterocycles. The van der Waals surface area contributed by atoms with Crippen LogP contribution >= 0.6 is 0 Å². The number of fused-ring (bicyclic) bond motifs is 5. The molecular formula is C30H44O6. The molecule has 4 bridgehead atoms. The van der Waals surface area contributed by atoms with E-state index in [4.69, 9.17) is 4.74 Å². The van der Waals surface area contributed by atoms with Gasteiger partial charge in [0.25, 0.3) is 0 Å². The fourth-order valence-electron chi connectivity index (χ4n) is 9.85. The van der Waals surface area contributed by atoms with Crippen LogP contribution in [0.2, 0.25) is 0 Å². The van der Waals surface area contributed by atoms with E-state index in [9.17, 15) is 24.3 Å². The Kier molecular flexibility index (Phi) is 6.53. The predicted octanol–water partition coefficient (Wildman–Crippen LogP) is 4.61. The molecule has 6 nitrogen and oxygen atoms in total. The van der Waals surface area contributed by atoms with Gasteiger partial charge < -0.3 is 9.84 Å². The van der Waals surface area contributed by atoms with Crippen molar-refractivity contribution < 1.29 is 29.0 Å². The Morgan fingerprint density at radius 3 is 2.36 bits per heavy atom. The van der Waals surface area contributed by atoms with Gasteiger partial charge in [-0.15, -0.1) is 0 Å². The van der Waals surface area contributed by atoms with Crippen LogP contribution < -0.4 is 0 Å². The number of cyclic esters (lactones) is 2. The van der Waals surface area contributed by atoms with Gasteiger partial charge in [-0.25, -0.2) is 0 Å². The standard InChI is InChI=1S/C30H44O6/c1-15-24(28(35)36-27(15)34)25-17-11-18(19(12-17)26(33)29(2,3)4)21(25)14-30(5)13-16-6-7-22(30)20(10-16)23(32)8-9-31/h15-22,24-25,31H,6-14H2,1-5H3. The van der Waals surface area contributed by atoms with Crippen molar-refractivity contribution in [3.05, 3.63) is 0 Å². The van der Waals surface area contributed by atoms with E-state index in [0.717, 1.165) is 44.9 Å². The van der Waals surface area contributed by atoms with Crippen LogP contribution in [0.3, 0.4) is 0 Å². The van der Waals surface area contributed by atoms with E-state index in [1.165, 1.54) is 0 Å². The normalized spacial score (nSPS) is 45.8. The van der Waals surface area contributed by atoms with E-state index < -0.39 is 23.2 Å². The first-order valence-electron chi connectivity index (χ1n) is 14.3. The molecule has 1 aliphatic heterocycles. The Morgan fingerprint density at radius 2 is 1.78 bits per heavy atom. The molecule has 6 rings (SSSR count). The SMILES string of the molecule is CC1C(=O)OC(=O)C1C1C2CC(C(=O)C(C)(C)C)C(C2)C1CC1(C)CC2CCC1C(C(=O)CCO)C2. The lowest BCUT2D eigenvalue weighted by atomic mass is 9.48. The number of aliphatic hydroxyl groups is 1. The summed E-state index contributed by atoms with van der Waals surface area (Å²) in [7, 11) is 0. The molecule has 36 heavy (non-hydrogen) atoms. The van der Waals surface area contributed by atoms with Crippen molar-refractivity contribution in [1.29, 1.82) is 0 Å². The number of carbonyl (C=O) groups excluding carboxylic acids is 4. The molecular weight excluding hydrogens is 456 g/mol. The minimum absolute atomic E-state index is 0.00985. The van der Waals surface area contributed by atoms with Crippen LogP contribution in [0.1, 0.15) is 86.0 Å². The second-order valence-corrected chi connectivity index (χ2v) is 14.3. The number of rotatable bonds is 7. The van der Waals surface area contributed by atoms with Crippen LogP contribution in [0, 0.1) is 70.0 Å². The van der Waals surface area contributed by atoms with Crippen LogP contribution in [-0.2, 0) is 23.9 Å². The summed E-state index contributed by atoms with van der Waals surface area (Å²) in [5, 5.41) is 9.42. The summed E-state index contributed by atoms with van der Waals surface area (Å²) in [6.45, 7) is 10.1. The molecule has 5 saturated carbocycles. The molecule has 6 heteroatoms. The van der Waals surface area contributed by atoms with Crippen molar-refractivity contribution in [3.8, 4) is 0 Å². The minimum Gasteiger partial charge on any atom is -0.396 e. The average molecular weight is 501 g/mol. The predicted molar refractivity (Wildman–Crippen MR) is 133 cm³/mol. The summed E-state index contributed by atoms with van der Waals surface area (Å²) in [5.74, 6) is 0.449. The molecule has 1 N–H and O–H groups in total. The molecule has 0 radical (unpaired) electrons. The highest BCUT2D eigenvalue weighted by atomic mass is 16.6. The van der Waals surface area contributed by atoms with E-state index in [-0.39, 0.29) is 71.6 Å². The maximum atomic E-state index is 13.5. The molecule has 1 heterocycles. The zero-order valence-electron chi connectivity index (χ0n) is 22.6. The lowest BCUT2D eigenvalue weighted by Gasteiger charge is -2.56. The van der Waals surface area contributed by atoms with Crippen LogP contribution in [0.25, 0.3) is 0 Å². The van der Waals surface area contributed by atoms with Gasteiger partial charge >= 0.3 is 11.9 Å². The van der Waals surface area contributed by atoms with E-state index in [2.05, 4.69) is 6.92 Å². The van der Waals surface area contributed by atoms with Crippen LogP contribution in [0.5, 0.6) is 0 Å². The number of carbonyl (C=O) groups is 4. The monoisotopic (exact) mass is 500 g/mol. The lowest BCUT2D eigenvalue weighted by Crippen LogP contribution is -2.50. The number of ketones is 2. The Labute approximate surface area is 215 Å². The largest absolute Gasteiger partial charge is 0.396 e. The van der Waals surface area contributed by atoms with Gasteiger partial charge in [-0.1, -0.05) is 41.0 Å². The molecule has 1 saturated heterocycles. The Morgan fingerprint density at radius 1 is 1.06 bits per heavy atom. The smallest absolute Gasteiger partial charge is 0.317 e. The maximum absolute atomic E-state index is 13.5. The summed E-state index contributed by atoms with van der Waals surface area (Å²) in [6, 6.07) is 0. The Balaban J connectivity index is 1.47. The summed E-state index contributed by atoms with van der Waals surface area (Å²) in [6.07, 6.45) is 7.12. The van der Waals surface area contributed by atoms with Gasteiger partial charge in [0, 0.05) is 30.3 Å². The van der Waals surface area contributed by atoms with E-state index in [1.807, 2.05) is 27.7 Å². The van der Waals surface area contributed by atoms with Gasteiger partial charge in [0.05, 0.1) is 11.8 Å². The van der Waals surface area contributed by atoms with Crippen molar-refractivity contribution in [1.82, 2.24) is 0 Å². The van der Waals surface area contributed by atoms with Gasteiger partial charge in [0.1, 0.15) is 11.6 Å². The van der Waals surface area contributed by atoms with Gasteiger partial charge in [-0.2, -0.15) is 0 Å². The molecule has 5 aliphatic carbocycles. The summed E-state index contributed by atoms with van der Waals surface area (Å²) in [5.41, 5.74) is -0.435. The highest BCUT2D eigenvalue weighted by Crippen LogP contribution is 2.66. The fourth-order valence-corrected chi connectivity index (χ4v) is 9.85. The number of aliphatic hydroxyl groups excluding tert-OH is 1. The van der Waals surface area contributed by atoms with Crippen molar-refractivity contribution >= 4 is 23.5 Å². The minimum atomic E-state index is -0.435. The molecule has 11 atom stereocenters. The second kappa shape index (κ2) is 9.03. The van der Waals surface area contributed by atoms with E-state index >= 15 is 0 Å². The highest BCUT2D eigenvalue weighted by molar-refractivity contribution is 5.96. The molecule has 200 valence electrons. The van der Waals surface area contributed by atoms with E-state index in [0.29, 0.717) is 11.7 Å². The van der Waals surface area contributed by atoms with Gasteiger partial charge in [-0.05, 0) is 79.4 Å². The number of hydrogen-bond acceptors (Lipinski definition) is 6. The first-order chi connectivity index (χ1) is 16.9. The average Bonchev–Trinajstić information content (AvgIpc) is 3.44.